The lowest BCUT2D eigenvalue weighted by Crippen LogP contribution is -2.06. The third kappa shape index (κ3) is 3.30. The number of nitrogens with one attached hydrogen (secondary N) is 1. The van der Waals surface area contributed by atoms with Gasteiger partial charge in [-0.15, -0.1) is 11.3 Å². The van der Waals surface area contributed by atoms with Crippen molar-refractivity contribution in [3.8, 4) is 6.07 Å². The minimum Gasteiger partial charge on any atom is -0.370 e. The van der Waals surface area contributed by atoms with Gasteiger partial charge in [-0.1, -0.05) is 6.07 Å². The van der Waals surface area contributed by atoms with Crippen LogP contribution in [0.4, 0.5) is 5.82 Å². The van der Waals surface area contributed by atoms with E-state index in [0.717, 1.165) is 24.5 Å². The Morgan fingerprint density at radius 2 is 2.35 bits per heavy atom. The Hall–Kier alpha value is -1.86. The van der Waals surface area contributed by atoms with Crippen molar-refractivity contribution in [3.63, 3.8) is 0 Å². The SMILES string of the molecule is Cc1cc(C#N)cc(NCCc2cccs2)n1. The Labute approximate surface area is 105 Å². The summed E-state index contributed by atoms with van der Waals surface area (Å²) in [6, 6.07) is 9.87. The maximum atomic E-state index is 8.86. The molecule has 86 valence electrons. The quantitative estimate of drug-likeness (QED) is 0.898. The molecule has 1 N–H and O–H groups in total. The highest BCUT2D eigenvalue weighted by atomic mass is 32.1. The predicted molar refractivity (Wildman–Crippen MR) is 70.2 cm³/mol. The molecule has 2 aromatic heterocycles. The van der Waals surface area contributed by atoms with Crippen LogP contribution in [0.5, 0.6) is 0 Å². The van der Waals surface area contributed by atoms with Gasteiger partial charge < -0.3 is 5.32 Å². The second-order valence-corrected chi connectivity index (χ2v) is 4.78. The van der Waals surface area contributed by atoms with E-state index in [9.17, 15) is 0 Å². The average Bonchev–Trinajstić information content (AvgIpc) is 2.81. The van der Waals surface area contributed by atoms with Gasteiger partial charge in [-0.3, -0.25) is 0 Å². The van der Waals surface area contributed by atoms with E-state index < -0.39 is 0 Å². The highest BCUT2D eigenvalue weighted by Gasteiger charge is 1.99. The van der Waals surface area contributed by atoms with Crippen LogP contribution in [0.1, 0.15) is 16.1 Å². The van der Waals surface area contributed by atoms with Crippen molar-refractivity contribution < 1.29 is 0 Å². The zero-order valence-corrected chi connectivity index (χ0v) is 10.4. The van der Waals surface area contributed by atoms with E-state index >= 15 is 0 Å². The molecule has 0 unspecified atom stereocenters. The van der Waals surface area contributed by atoms with Crippen molar-refractivity contribution in [3.05, 3.63) is 45.8 Å². The Kier molecular flexibility index (Phi) is 3.73. The highest BCUT2D eigenvalue weighted by Crippen LogP contribution is 2.11. The number of rotatable bonds is 4. The summed E-state index contributed by atoms with van der Waals surface area (Å²) in [4.78, 5) is 5.69. The van der Waals surface area contributed by atoms with Crippen LogP contribution in [-0.4, -0.2) is 11.5 Å². The van der Waals surface area contributed by atoms with Crippen LogP contribution in [0.15, 0.2) is 29.6 Å². The van der Waals surface area contributed by atoms with E-state index in [1.807, 2.05) is 6.92 Å². The van der Waals surface area contributed by atoms with Crippen molar-refractivity contribution in [2.45, 2.75) is 13.3 Å². The predicted octanol–water partition coefficient (Wildman–Crippen LogP) is 2.98. The molecule has 3 nitrogen and oxygen atoms in total. The second-order valence-electron chi connectivity index (χ2n) is 3.75. The van der Waals surface area contributed by atoms with Gasteiger partial charge >= 0.3 is 0 Å². The van der Waals surface area contributed by atoms with Crippen molar-refractivity contribution in [2.24, 2.45) is 0 Å². The summed E-state index contributed by atoms with van der Waals surface area (Å²) in [6.07, 6.45) is 0.981. The number of hydrogen-bond donors (Lipinski definition) is 1. The fraction of sp³-hybridized carbons (Fsp3) is 0.231. The molecule has 0 aliphatic carbocycles. The maximum absolute atomic E-state index is 8.86. The monoisotopic (exact) mass is 243 g/mol. The average molecular weight is 243 g/mol. The highest BCUT2D eigenvalue weighted by molar-refractivity contribution is 7.09. The van der Waals surface area contributed by atoms with Crippen LogP contribution in [0.25, 0.3) is 0 Å². The van der Waals surface area contributed by atoms with Crippen LogP contribution in [-0.2, 0) is 6.42 Å². The second kappa shape index (κ2) is 5.46. The van der Waals surface area contributed by atoms with Gasteiger partial charge in [-0.25, -0.2) is 4.98 Å². The molecule has 0 aliphatic heterocycles. The van der Waals surface area contributed by atoms with Gasteiger partial charge in [0.1, 0.15) is 5.82 Å². The molecule has 2 aromatic rings. The van der Waals surface area contributed by atoms with Crippen LogP contribution < -0.4 is 5.32 Å². The summed E-state index contributed by atoms with van der Waals surface area (Å²) in [6.45, 7) is 2.73. The fourth-order valence-corrected chi connectivity index (χ4v) is 2.30. The van der Waals surface area contributed by atoms with Crippen molar-refractivity contribution in [2.75, 3.05) is 11.9 Å². The Morgan fingerprint density at radius 1 is 1.47 bits per heavy atom. The largest absolute Gasteiger partial charge is 0.370 e. The van der Waals surface area contributed by atoms with Gasteiger partial charge in [0.25, 0.3) is 0 Å². The molecule has 4 heteroatoms. The summed E-state index contributed by atoms with van der Waals surface area (Å²) >= 11 is 1.76. The van der Waals surface area contributed by atoms with E-state index in [1.165, 1.54) is 4.88 Å². The normalized spacial score (nSPS) is 9.88. The number of aryl methyl sites for hydroxylation is 1. The van der Waals surface area contributed by atoms with Crippen LogP contribution in [0.2, 0.25) is 0 Å². The van der Waals surface area contributed by atoms with Crippen molar-refractivity contribution >= 4 is 17.2 Å². The molecular formula is C13H13N3S. The standard InChI is InChI=1S/C13H13N3S/c1-10-7-11(9-14)8-13(16-10)15-5-4-12-3-2-6-17-12/h2-3,6-8H,4-5H2,1H3,(H,15,16). The van der Waals surface area contributed by atoms with E-state index in [-0.39, 0.29) is 0 Å². The summed E-state index contributed by atoms with van der Waals surface area (Å²) in [5.74, 6) is 0.776. The summed E-state index contributed by atoms with van der Waals surface area (Å²) in [5.41, 5.74) is 1.51. The van der Waals surface area contributed by atoms with E-state index in [1.54, 1.807) is 23.5 Å². The third-order valence-corrected chi connectivity index (χ3v) is 3.28. The van der Waals surface area contributed by atoms with E-state index in [0.29, 0.717) is 5.56 Å². The lowest BCUT2D eigenvalue weighted by Gasteiger charge is -2.05. The lowest BCUT2D eigenvalue weighted by atomic mass is 10.2. The van der Waals surface area contributed by atoms with Crippen LogP contribution in [0.3, 0.4) is 0 Å². The van der Waals surface area contributed by atoms with E-state index in [2.05, 4.69) is 33.9 Å². The van der Waals surface area contributed by atoms with Gasteiger partial charge in [0.05, 0.1) is 11.6 Å². The first-order chi connectivity index (χ1) is 8.28. The zero-order chi connectivity index (χ0) is 12.1. The molecule has 0 saturated carbocycles. The number of nitriles is 1. The number of pyridine rings is 1. The summed E-state index contributed by atoms with van der Waals surface area (Å²) < 4.78 is 0. The third-order valence-electron chi connectivity index (χ3n) is 2.34. The van der Waals surface area contributed by atoms with Gasteiger partial charge in [0.2, 0.25) is 0 Å². The number of anilines is 1. The molecule has 2 rings (SSSR count). The molecule has 0 amide bonds. The molecule has 0 atom stereocenters. The first-order valence-corrected chi connectivity index (χ1v) is 6.31. The molecule has 0 bridgehead atoms. The topological polar surface area (TPSA) is 48.7 Å². The van der Waals surface area contributed by atoms with Crippen LogP contribution in [0, 0.1) is 18.3 Å². The van der Waals surface area contributed by atoms with Crippen molar-refractivity contribution in [1.82, 2.24) is 4.98 Å². The Bertz CT molecular complexity index is 526. The molecule has 0 fully saturated rings. The molecular weight excluding hydrogens is 230 g/mol. The molecule has 0 radical (unpaired) electrons. The van der Waals surface area contributed by atoms with Gasteiger partial charge in [0, 0.05) is 17.1 Å². The minimum absolute atomic E-state index is 0.649. The van der Waals surface area contributed by atoms with Gasteiger partial charge in [-0.05, 0) is 36.9 Å². The number of aromatic nitrogens is 1. The molecule has 0 spiro atoms. The van der Waals surface area contributed by atoms with Gasteiger partial charge in [-0.2, -0.15) is 5.26 Å². The number of hydrogen-bond acceptors (Lipinski definition) is 4. The zero-order valence-electron chi connectivity index (χ0n) is 9.60. The molecule has 0 saturated heterocycles. The first kappa shape index (κ1) is 11.6. The minimum atomic E-state index is 0.649. The smallest absolute Gasteiger partial charge is 0.127 e. The summed E-state index contributed by atoms with van der Waals surface area (Å²) in [7, 11) is 0. The van der Waals surface area contributed by atoms with Gasteiger partial charge in [0.15, 0.2) is 0 Å². The van der Waals surface area contributed by atoms with Crippen LogP contribution >= 0.6 is 11.3 Å². The molecule has 0 aromatic carbocycles. The lowest BCUT2D eigenvalue weighted by molar-refractivity contribution is 1.02. The molecule has 2 heterocycles. The maximum Gasteiger partial charge on any atom is 0.127 e. The number of nitrogens with zero attached hydrogens (tertiary/aromatic N) is 2. The summed E-state index contributed by atoms with van der Waals surface area (Å²) in [5, 5.41) is 14.2. The Morgan fingerprint density at radius 3 is 3.06 bits per heavy atom. The first-order valence-electron chi connectivity index (χ1n) is 5.43. The fourth-order valence-electron chi connectivity index (χ4n) is 1.59. The molecule has 17 heavy (non-hydrogen) atoms. The van der Waals surface area contributed by atoms with Crippen molar-refractivity contribution in [1.29, 1.82) is 5.26 Å². The Balaban J connectivity index is 1.95. The molecule has 0 aliphatic rings. The van der Waals surface area contributed by atoms with E-state index in [4.69, 9.17) is 5.26 Å². The number of thiophene rings is 1.